The van der Waals surface area contributed by atoms with Gasteiger partial charge in [-0.2, -0.15) is 0 Å². The third-order valence-electron chi connectivity index (χ3n) is 6.02. The number of methoxy groups -OCH3 is 1. The Labute approximate surface area is 210 Å². The van der Waals surface area contributed by atoms with Crippen LogP contribution < -0.4 is 14.4 Å². The van der Waals surface area contributed by atoms with Gasteiger partial charge in [0.15, 0.2) is 16.6 Å². The molecule has 0 radical (unpaired) electrons. The molecule has 3 heterocycles. The van der Waals surface area contributed by atoms with Crippen LogP contribution in [-0.4, -0.2) is 48.1 Å². The van der Waals surface area contributed by atoms with Gasteiger partial charge >= 0.3 is 11.9 Å². The quantitative estimate of drug-likeness (QED) is 0.245. The molecule has 0 saturated carbocycles. The van der Waals surface area contributed by atoms with E-state index >= 15 is 0 Å². The fraction of sp³-hybridized carbons (Fsp3) is 0.231. The van der Waals surface area contributed by atoms with Gasteiger partial charge in [0, 0.05) is 5.56 Å². The molecule has 1 aromatic heterocycles. The number of nitrogens with zero attached hydrogens (tertiary/aromatic N) is 2. The molecule has 184 valence electrons. The number of rotatable bonds is 4. The summed E-state index contributed by atoms with van der Waals surface area (Å²) in [4.78, 5) is 44.7. The van der Waals surface area contributed by atoms with Crippen molar-refractivity contribution in [1.29, 1.82) is 0 Å². The Morgan fingerprint density at radius 3 is 2.47 bits per heavy atom. The number of benzene rings is 2. The van der Waals surface area contributed by atoms with Crippen molar-refractivity contribution in [3.8, 4) is 11.5 Å². The normalized spacial score (nSPS) is 18.4. The van der Waals surface area contributed by atoms with Crippen molar-refractivity contribution >= 4 is 39.9 Å². The van der Waals surface area contributed by atoms with Crippen molar-refractivity contribution in [1.82, 2.24) is 4.98 Å². The van der Waals surface area contributed by atoms with E-state index in [4.69, 9.17) is 14.2 Å². The molecule has 1 unspecified atom stereocenters. The highest BCUT2D eigenvalue weighted by Crippen LogP contribution is 2.44. The van der Waals surface area contributed by atoms with Crippen LogP contribution in [0, 0.1) is 13.8 Å². The molecular formula is C26H22N2O7S. The summed E-state index contributed by atoms with van der Waals surface area (Å²) in [5, 5.41) is 11.5. The predicted octanol–water partition coefficient (Wildman–Crippen LogP) is 3.94. The Morgan fingerprint density at radius 2 is 1.78 bits per heavy atom. The van der Waals surface area contributed by atoms with E-state index in [1.54, 1.807) is 37.3 Å². The largest absolute Gasteiger partial charge is 0.507 e. The first-order valence-electron chi connectivity index (χ1n) is 11.1. The Hall–Kier alpha value is -4.18. The number of aromatic nitrogens is 1. The van der Waals surface area contributed by atoms with Crippen LogP contribution in [0.2, 0.25) is 0 Å². The lowest BCUT2D eigenvalue weighted by molar-refractivity contribution is -0.132. The van der Waals surface area contributed by atoms with Gasteiger partial charge < -0.3 is 19.3 Å². The first kappa shape index (κ1) is 23.6. The Morgan fingerprint density at radius 1 is 1.08 bits per heavy atom. The number of hydrogen-bond acceptors (Lipinski definition) is 9. The fourth-order valence-electron chi connectivity index (χ4n) is 4.21. The first-order valence-corrected chi connectivity index (χ1v) is 11.9. The lowest BCUT2D eigenvalue weighted by atomic mass is 9.94. The molecule has 1 fully saturated rings. The Kier molecular flexibility index (Phi) is 5.97. The summed E-state index contributed by atoms with van der Waals surface area (Å²) in [7, 11) is 1.26. The molecule has 1 atom stereocenters. The summed E-state index contributed by atoms with van der Waals surface area (Å²) in [5.41, 5.74) is 2.18. The van der Waals surface area contributed by atoms with Gasteiger partial charge in [-0.15, -0.1) is 0 Å². The SMILES string of the molecule is COC(=O)c1sc(N2C(=O)C(=O)/C(=C(\O)c3ccc4c(c3)OCCO4)C2c2ccc(C)cc2)nc1C. The van der Waals surface area contributed by atoms with Crippen molar-refractivity contribution in [2.45, 2.75) is 19.9 Å². The highest BCUT2D eigenvalue weighted by atomic mass is 32.1. The average molecular weight is 507 g/mol. The first-order chi connectivity index (χ1) is 17.3. The summed E-state index contributed by atoms with van der Waals surface area (Å²) >= 11 is 0.951. The van der Waals surface area contributed by atoms with Crippen LogP contribution >= 0.6 is 11.3 Å². The van der Waals surface area contributed by atoms with E-state index in [1.807, 2.05) is 19.1 Å². The fourth-order valence-corrected chi connectivity index (χ4v) is 5.22. The second kappa shape index (κ2) is 9.12. The maximum atomic E-state index is 13.3. The average Bonchev–Trinajstić information content (AvgIpc) is 3.40. The maximum Gasteiger partial charge on any atom is 0.350 e. The third kappa shape index (κ3) is 3.89. The monoisotopic (exact) mass is 506 g/mol. The molecule has 1 amide bonds. The second-order valence-electron chi connectivity index (χ2n) is 8.34. The molecule has 36 heavy (non-hydrogen) atoms. The molecule has 2 aromatic carbocycles. The van der Waals surface area contributed by atoms with Crippen LogP contribution in [0.1, 0.15) is 38.1 Å². The molecule has 1 saturated heterocycles. The number of ether oxygens (including phenoxy) is 3. The molecule has 9 nitrogen and oxygen atoms in total. The van der Waals surface area contributed by atoms with Crippen LogP contribution in [-0.2, 0) is 14.3 Å². The molecule has 0 bridgehead atoms. The van der Waals surface area contributed by atoms with Gasteiger partial charge in [-0.1, -0.05) is 41.2 Å². The second-order valence-corrected chi connectivity index (χ2v) is 9.32. The molecule has 1 N–H and O–H groups in total. The van der Waals surface area contributed by atoms with E-state index < -0.39 is 23.7 Å². The summed E-state index contributed by atoms with van der Waals surface area (Å²) in [6.07, 6.45) is 0. The van der Waals surface area contributed by atoms with Crippen LogP contribution in [0.4, 0.5) is 5.13 Å². The van der Waals surface area contributed by atoms with Crippen molar-refractivity contribution in [2.75, 3.05) is 25.2 Å². The highest BCUT2D eigenvalue weighted by Gasteiger charge is 2.48. The van der Waals surface area contributed by atoms with E-state index in [2.05, 4.69) is 4.98 Å². The predicted molar refractivity (Wildman–Crippen MR) is 132 cm³/mol. The Balaban J connectivity index is 1.68. The number of aliphatic hydroxyl groups is 1. The van der Waals surface area contributed by atoms with E-state index in [-0.39, 0.29) is 21.3 Å². The number of thiazole rings is 1. The standard InChI is InChI=1S/C26H22N2O7S/c1-13-4-6-15(7-5-13)20-19(21(29)16-8-9-17-18(12-16)35-11-10-34-17)22(30)24(31)28(20)26-27-14(2)23(36-26)25(32)33-3/h4-9,12,20,29H,10-11H2,1-3H3/b21-19-. The van der Waals surface area contributed by atoms with Gasteiger partial charge in [-0.3, -0.25) is 14.5 Å². The molecule has 2 aliphatic heterocycles. The number of fused-ring (bicyclic) bond motifs is 1. The number of aryl methyl sites for hydroxylation is 2. The summed E-state index contributed by atoms with van der Waals surface area (Å²) in [6.45, 7) is 4.32. The molecule has 10 heteroatoms. The number of amides is 1. The molecule has 5 rings (SSSR count). The minimum absolute atomic E-state index is 0.0898. The number of aliphatic hydroxyl groups excluding tert-OH is 1. The van der Waals surface area contributed by atoms with E-state index in [1.165, 1.54) is 12.0 Å². The van der Waals surface area contributed by atoms with E-state index in [9.17, 15) is 19.5 Å². The number of ketones is 1. The van der Waals surface area contributed by atoms with Crippen LogP contribution in [0.25, 0.3) is 5.76 Å². The van der Waals surface area contributed by atoms with Crippen molar-refractivity contribution in [3.05, 3.63) is 75.3 Å². The topological polar surface area (TPSA) is 115 Å². The zero-order valence-corrected chi connectivity index (χ0v) is 20.5. The number of carbonyl (C=O) groups excluding carboxylic acids is 3. The van der Waals surface area contributed by atoms with Gasteiger partial charge in [0.05, 0.1) is 24.4 Å². The van der Waals surface area contributed by atoms with Crippen molar-refractivity contribution < 1.29 is 33.7 Å². The van der Waals surface area contributed by atoms with Gasteiger partial charge in [-0.25, -0.2) is 9.78 Å². The summed E-state index contributed by atoms with van der Waals surface area (Å²) in [5.74, 6) is -1.69. The van der Waals surface area contributed by atoms with Crippen LogP contribution in [0.3, 0.4) is 0 Å². The number of esters is 1. The molecule has 3 aromatic rings. The maximum absolute atomic E-state index is 13.3. The number of anilines is 1. The molecule has 0 aliphatic carbocycles. The lowest BCUT2D eigenvalue weighted by Gasteiger charge is -2.23. The summed E-state index contributed by atoms with van der Waals surface area (Å²) in [6, 6.07) is 11.1. The number of carbonyl (C=O) groups is 3. The van der Waals surface area contributed by atoms with Gasteiger partial charge in [0.25, 0.3) is 5.78 Å². The Bertz CT molecular complexity index is 1420. The third-order valence-corrected chi connectivity index (χ3v) is 7.15. The molecule has 0 spiro atoms. The lowest BCUT2D eigenvalue weighted by Crippen LogP contribution is -2.29. The number of Topliss-reactive ketones (excluding diaryl/α,β-unsaturated/α-hetero) is 1. The highest BCUT2D eigenvalue weighted by molar-refractivity contribution is 7.17. The van der Waals surface area contributed by atoms with E-state index in [0.29, 0.717) is 41.5 Å². The van der Waals surface area contributed by atoms with E-state index in [0.717, 1.165) is 16.9 Å². The zero-order valence-electron chi connectivity index (χ0n) is 19.7. The van der Waals surface area contributed by atoms with Crippen LogP contribution in [0.5, 0.6) is 11.5 Å². The van der Waals surface area contributed by atoms with Crippen molar-refractivity contribution in [3.63, 3.8) is 0 Å². The zero-order chi connectivity index (χ0) is 25.6. The smallest absolute Gasteiger partial charge is 0.350 e. The molecule has 2 aliphatic rings. The van der Waals surface area contributed by atoms with Crippen LogP contribution in [0.15, 0.2) is 48.0 Å². The minimum atomic E-state index is -0.963. The summed E-state index contributed by atoms with van der Waals surface area (Å²) < 4.78 is 16.0. The van der Waals surface area contributed by atoms with Gasteiger partial charge in [0.2, 0.25) is 0 Å². The molecular weight excluding hydrogens is 484 g/mol. The number of hydrogen-bond donors (Lipinski definition) is 1. The van der Waals surface area contributed by atoms with Crippen molar-refractivity contribution in [2.24, 2.45) is 0 Å². The van der Waals surface area contributed by atoms with Gasteiger partial charge in [-0.05, 0) is 37.6 Å². The minimum Gasteiger partial charge on any atom is -0.507 e. The van der Waals surface area contributed by atoms with Gasteiger partial charge in [0.1, 0.15) is 23.9 Å².